The van der Waals surface area contributed by atoms with Crippen LogP contribution in [0.15, 0.2) is 72.9 Å². The molecule has 13 heteroatoms. The maximum Gasteiger partial charge on any atom is 0.472 e. The van der Waals surface area contributed by atoms with Gasteiger partial charge in [-0.15, -0.1) is 0 Å². The molecular weight excluding hydrogens is 956 g/mol. The number of carbonyl (C=O) groups is 1. The molecule has 1 saturated carbocycles. The normalized spacial score (nSPS) is 20.9. The Hall–Kier alpha value is -2.22. The van der Waals surface area contributed by atoms with E-state index in [0.717, 1.165) is 96.3 Å². The zero-order valence-electron chi connectivity index (χ0n) is 46.6. The Bertz CT molecular complexity index is 1500. The number of esters is 1. The quantitative estimate of drug-likeness (QED) is 0.0146. The molecule has 0 aromatic rings. The van der Waals surface area contributed by atoms with Gasteiger partial charge < -0.3 is 39.9 Å². The van der Waals surface area contributed by atoms with E-state index < -0.39 is 63.1 Å². The summed E-state index contributed by atoms with van der Waals surface area (Å²) in [6.45, 7) is 4.17. The molecule has 0 saturated heterocycles. The lowest BCUT2D eigenvalue weighted by Crippen LogP contribution is -2.64. The van der Waals surface area contributed by atoms with Crippen molar-refractivity contribution in [3.63, 3.8) is 0 Å². The summed E-state index contributed by atoms with van der Waals surface area (Å²) in [4.78, 5) is 23.3. The van der Waals surface area contributed by atoms with Crippen LogP contribution in [0.25, 0.3) is 0 Å². The lowest BCUT2D eigenvalue weighted by Gasteiger charge is -2.41. The van der Waals surface area contributed by atoms with Crippen LogP contribution in [0.3, 0.4) is 0 Å². The zero-order valence-corrected chi connectivity index (χ0v) is 47.5. The molecule has 74 heavy (non-hydrogen) atoms. The molecule has 0 aromatic heterocycles. The van der Waals surface area contributed by atoms with Crippen LogP contribution in [0.2, 0.25) is 0 Å². The molecule has 0 heterocycles. The molecule has 6 N–H and O–H groups in total. The van der Waals surface area contributed by atoms with E-state index in [4.69, 9.17) is 18.5 Å². The lowest BCUT2D eigenvalue weighted by molar-refractivity contribution is -0.220. The number of unbranched alkanes of at least 4 members (excludes halogenated alkanes) is 27. The highest BCUT2D eigenvalue weighted by Crippen LogP contribution is 2.47. The molecule has 430 valence electrons. The molecule has 0 radical (unpaired) electrons. The summed E-state index contributed by atoms with van der Waals surface area (Å²) in [6, 6.07) is 0. The van der Waals surface area contributed by atoms with Crippen LogP contribution in [0.5, 0.6) is 0 Å². The largest absolute Gasteiger partial charge is 0.472 e. The number of aliphatic hydroxyl groups is 5. The monoisotopic (exact) mass is 1060 g/mol. The van der Waals surface area contributed by atoms with Gasteiger partial charge in [0.25, 0.3) is 0 Å². The first-order valence-corrected chi connectivity index (χ1v) is 31.3. The summed E-state index contributed by atoms with van der Waals surface area (Å²) in [6.07, 6.45) is 55.4. The fraction of sp³-hybridized carbons (Fsp3) is 0.787. The van der Waals surface area contributed by atoms with Gasteiger partial charge in [-0.1, -0.05) is 228 Å². The maximum atomic E-state index is 12.9. The molecule has 6 unspecified atom stereocenters. The highest BCUT2D eigenvalue weighted by atomic mass is 31.2. The number of phosphoric ester groups is 1. The second kappa shape index (κ2) is 50.3. The molecule has 1 fully saturated rings. The van der Waals surface area contributed by atoms with Gasteiger partial charge in [0, 0.05) is 13.0 Å². The third-order valence-electron chi connectivity index (χ3n) is 13.6. The number of phosphoric acid groups is 1. The highest BCUT2D eigenvalue weighted by molar-refractivity contribution is 7.47. The minimum atomic E-state index is -5.04. The van der Waals surface area contributed by atoms with Gasteiger partial charge in [-0.2, -0.15) is 0 Å². The van der Waals surface area contributed by atoms with Crippen molar-refractivity contribution in [3.8, 4) is 0 Å². The minimum Gasteiger partial charge on any atom is -0.457 e. The first kappa shape index (κ1) is 69.8. The standard InChI is InChI=1S/C61H109O12P/c1-3-5-7-9-11-13-15-17-19-21-23-25-27-29-31-33-35-37-39-41-43-45-47-49-51-70-52-54(53-71-74(68,69)73-61-59(66)57(64)56(63)58(65)60(61)67)72-55(62)50-48-46-44-42-40-38-36-34-32-30-28-26-24-22-20-18-16-14-12-10-8-6-4-2/h6,8,12,14,18,20-21,23-24,26,30,32,54,56-61,63-67H,3-5,7,9-11,13,15-17,19,22,25,27-29,31,33-53H2,1-2H3,(H,68,69)/b8-6-,14-12-,20-18-,23-21-,26-24-,32-30-. The van der Waals surface area contributed by atoms with Gasteiger partial charge in [0.15, 0.2) is 0 Å². The van der Waals surface area contributed by atoms with E-state index in [2.05, 4.69) is 86.8 Å². The van der Waals surface area contributed by atoms with Crippen LogP contribution in [0.1, 0.15) is 245 Å². The van der Waals surface area contributed by atoms with E-state index in [1.165, 1.54) is 122 Å². The highest BCUT2D eigenvalue weighted by Gasteiger charge is 2.51. The van der Waals surface area contributed by atoms with Gasteiger partial charge in [0.05, 0.1) is 13.2 Å². The number of aliphatic hydroxyl groups excluding tert-OH is 5. The molecule has 1 aliphatic rings. The fourth-order valence-corrected chi connectivity index (χ4v) is 9.88. The number of hydrogen-bond acceptors (Lipinski definition) is 11. The Kier molecular flexibility index (Phi) is 47.4. The van der Waals surface area contributed by atoms with Crippen LogP contribution in [0, 0.1) is 0 Å². The third-order valence-corrected chi connectivity index (χ3v) is 14.5. The van der Waals surface area contributed by atoms with E-state index in [1.54, 1.807) is 0 Å². The van der Waals surface area contributed by atoms with Crippen molar-refractivity contribution in [2.45, 2.75) is 288 Å². The Balaban J connectivity index is 2.28. The molecule has 0 spiro atoms. The van der Waals surface area contributed by atoms with Crippen molar-refractivity contribution in [2.24, 2.45) is 0 Å². The average molecular weight is 1070 g/mol. The minimum absolute atomic E-state index is 0.0836. The van der Waals surface area contributed by atoms with E-state index in [1.807, 2.05) is 0 Å². The number of ether oxygens (including phenoxy) is 2. The van der Waals surface area contributed by atoms with Gasteiger partial charge >= 0.3 is 13.8 Å². The number of allylic oxidation sites excluding steroid dienone is 12. The number of carbonyl (C=O) groups excluding carboxylic acids is 1. The predicted octanol–water partition coefficient (Wildman–Crippen LogP) is 14.7. The van der Waals surface area contributed by atoms with Crippen molar-refractivity contribution in [1.82, 2.24) is 0 Å². The van der Waals surface area contributed by atoms with E-state index in [9.17, 15) is 39.8 Å². The Morgan fingerprint density at radius 3 is 1.23 bits per heavy atom. The van der Waals surface area contributed by atoms with Crippen molar-refractivity contribution < 1.29 is 58.3 Å². The van der Waals surface area contributed by atoms with Crippen LogP contribution in [-0.4, -0.2) is 98.9 Å². The molecule has 1 aliphatic carbocycles. The summed E-state index contributed by atoms with van der Waals surface area (Å²) in [5.74, 6) is -0.487. The summed E-state index contributed by atoms with van der Waals surface area (Å²) < 4.78 is 34.4. The Labute approximate surface area is 450 Å². The molecule has 0 bridgehead atoms. The third kappa shape index (κ3) is 41.0. The second-order valence-electron chi connectivity index (χ2n) is 20.5. The molecule has 12 nitrogen and oxygen atoms in total. The van der Waals surface area contributed by atoms with Gasteiger partial charge in [-0.3, -0.25) is 13.8 Å². The van der Waals surface area contributed by atoms with Gasteiger partial charge in [-0.25, -0.2) is 4.57 Å². The van der Waals surface area contributed by atoms with Crippen LogP contribution < -0.4 is 0 Å². The molecule has 0 aliphatic heterocycles. The van der Waals surface area contributed by atoms with E-state index in [-0.39, 0.29) is 13.0 Å². The van der Waals surface area contributed by atoms with E-state index >= 15 is 0 Å². The molecule has 1 rings (SSSR count). The smallest absolute Gasteiger partial charge is 0.457 e. The topological polar surface area (TPSA) is 192 Å². The van der Waals surface area contributed by atoms with Gasteiger partial charge in [0.2, 0.25) is 0 Å². The van der Waals surface area contributed by atoms with Gasteiger partial charge in [-0.05, 0) is 83.5 Å². The van der Waals surface area contributed by atoms with E-state index in [0.29, 0.717) is 13.0 Å². The summed E-state index contributed by atoms with van der Waals surface area (Å²) in [7, 11) is -5.04. The molecule has 0 amide bonds. The average Bonchev–Trinajstić information content (AvgIpc) is 3.39. The maximum absolute atomic E-state index is 12.9. The zero-order chi connectivity index (χ0) is 54.0. The first-order valence-electron chi connectivity index (χ1n) is 29.8. The number of hydrogen-bond donors (Lipinski definition) is 6. The van der Waals surface area contributed by atoms with Gasteiger partial charge in [0.1, 0.15) is 42.7 Å². The SMILES string of the molecule is CC/C=C\C/C=C\C/C=C\C/C=C\C/C=C\CCCCCCCCCC(=O)OC(COCCCCCCCCCCCCCC/C=C\CCCCCCCCCC)COP(=O)(O)OC1C(O)C(O)C(O)C(O)C1O. The van der Waals surface area contributed by atoms with Crippen LogP contribution >= 0.6 is 7.82 Å². The van der Waals surface area contributed by atoms with Crippen molar-refractivity contribution in [1.29, 1.82) is 0 Å². The van der Waals surface area contributed by atoms with Crippen LogP contribution in [-0.2, 0) is 27.9 Å². The molecule has 0 aromatic carbocycles. The van der Waals surface area contributed by atoms with Crippen molar-refractivity contribution >= 4 is 13.8 Å². The predicted molar refractivity (Wildman–Crippen MR) is 304 cm³/mol. The summed E-state index contributed by atoms with van der Waals surface area (Å²) >= 11 is 0. The molecule has 6 atom stereocenters. The van der Waals surface area contributed by atoms with Crippen molar-refractivity contribution in [3.05, 3.63) is 72.9 Å². The second-order valence-corrected chi connectivity index (χ2v) is 21.9. The Morgan fingerprint density at radius 2 is 0.797 bits per heavy atom. The summed E-state index contributed by atoms with van der Waals surface area (Å²) in [5.41, 5.74) is 0. The summed E-state index contributed by atoms with van der Waals surface area (Å²) in [5, 5.41) is 50.5. The molecular formula is C61H109O12P. The van der Waals surface area contributed by atoms with Crippen LogP contribution in [0.4, 0.5) is 0 Å². The van der Waals surface area contributed by atoms with Crippen molar-refractivity contribution in [2.75, 3.05) is 19.8 Å². The lowest BCUT2D eigenvalue weighted by atomic mass is 9.85. The Morgan fingerprint density at radius 1 is 0.446 bits per heavy atom. The number of rotatable bonds is 51. The fourth-order valence-electron chi connectivity index (χ4n) is 8.91. The first-order chi connectivity index (χ1) is 36.0.